The third kappa shape index (κ3) is 4.65. The molecule has 0 bridgehead atoms. The Hall–Kier alpha value is -3.55. The predicted molar refractivity (Wildman–Crippen MR) is 133 cm³/mol. The summed E-state index contributed by atoms with van der Waals surface area (Å²) in [5, 5.41) is 3.78. The third-order valence-corrected chi connectivity index (χ3v) is 6.92. The van der Waals surface area contributed by atoms with Crippen molar-refractivity contribution in [2.45, 2.75) is 0 Å². The van der Waals surface area contributed by atoms with Crippen LogP contribution in [0, 0.1) is 0 Å². The maximum absolute atomic E-state index is 12.8. The average molecular weight is 457 g/mol. The molecule has 0 aliphatic carbocycles. The Morgan fingerprint density at radius 2 is 1.58 bits per heavy atom. The highest BCUT2D eigenvalue weighted by atomic mass is 32.1. The van der Waals surface area contributed by atoms with Gasteiger partial charge in [0.2, 0.25) is 0 Å². The van der Waals surface area contributed by atoms with E-state index in [0.29, 0.717) is 11.1 Å². The molecule has 2 amide bonds. The molecule has 1 aliphatic heterocycles. The summed E-state index contributed by atoms with van der Waals surface area (Å²) in [6.45, 7) is 3.33. The lowest BCUT2D eigenvalue weighted by Crippen LogP contribution is -2.47. The Labute approximate surface area is 196 Å². The summed E-state index contributed by atoms with van der Waals surface area (Å²) in [5.41, 5.74) is 3.86. The number of nitrogens with zero attached hydrogens (tertiary/aromatic N) is 3. The van der Waals surface area contributed by atoms with Gasteiger partial charge in [-0.25, -0.2) is 4.98 Å². The van der Waals surface area contributed by atoms with Crippen molar-refractivity contribution in [3.8, 4) is 10.6 Å². The van der Waals surface area contributed by atoms with E-state index in [9.17, 15) is 9.59 Å². The number of anilines is 1. The lowest BCUT2D eigenvalue weighted by molar-refractivity contribution is 0.0664. The zero-order chi connectivity index (χ0) is 22.8. The number of hydrogen-bond donors (Lipinski definition) is 1. The normalized spacial score (nSPS) is 14.4. The third-order valence-electron chi connectivity index (χ3n) is 5.85. The Morgan fingerprint density at radius 1 is 0.879 bits per heavy atom. The molecule has 0 radical (unpaired) electrons. The number of rotatable bonds is 4. The van der Waals surface area contributed by atoms with Gasteiger partial charge in [-0.3, -0.25) is 9.59 Å². The minimum atomic E-state index is -0.148. The number of amides is 2. The van der Waals surface area contributed by atoms with Gasteiger partial charge in [0.05, 0.1) is 10.2 Å². The van der Waals surface area contributed by atoms with Crippen LogP contribution in [0.2, 0.25) is 0 Å². The van der Waals surface area contributed by atoms with Crippen molar-refractivity contribution < 1.29 is 9.59 Å². The first-order valence-electron chi connectivity index (χ1n) is 10.9. The second kappa shape index (κ2) is 9.13. The molecule has 1 fully saturated rings. The molecule has 6 nitrogen and oxygen atoms in total. The van der Waals surface area contributed by atoms with Crippen molar-refractivity contribution >= 4 is 39.1 Å². The molecule has 0 unspecified atom stereocenters. The summed E-state index contributed by atoms with van der Waals surface area (Å²) in [7, 11) is 2.08. The van der Waals surface area contributed by atoms with Gasteiger partial charge in [0.25, 0.3) is 11.8 Å². The van der Waals surface area contributed by atoms with Crippen LogP contribution in [0.15, 0.2) is 72.8 Å². The molecule has 33 heavy (non-hydrogen) atoms. The van der Waals surface area contributed by atoms with Gasteiger partial charge in [-0.2, -0.15) is 0 Å². The topological polar surface area (TPSA) is 65.5 Å². The van der Waals surface area contributed by atoms with Gasteiger partial charge < -0.3 is 15.1 Å². The minimum Gasteiger partial charge on any atom is -0.336 e. The number of benzene rings is 3. The number of thiazole rings is 1. The summed E-state index contributed by atoms with van der Waals surface area (Å²) < 4.78 is 0.948. The van der Waals surface area contributed by atoms with E-state index >= 15 is 0 Å². The highest BCUT2D eigenvalue weighted by molar-refractivity contribution is 7.21. The monoisotopic (exact) mass is 456 g/mol. The second-order valence-corrected chi connectivity index (χ2v) is 9.23. The Kier molecular flexibility index (Phi) is 5.90. The molecular weight excluding hydrogens is 432 g/mol. The molecule has 1 N–H and O–H groups in total. The first-order chi connectivity index (χ1) is 16.1. The fourth-order valence-corrected chi connectivity index (χ4v) is 4.87. The molecule has 1 aromatic heterocycles. The van der Waals surface area contributed by atoms with E-state index in [-0.39, 0.29) is 11.8 Å². The van der Waals surface area contributed by atoms with Crippen LogP contribution in [0.4, 0.5) is 5.69 Å². The molecule has 4 aromatic rings. The molecule has 0 atom stereocenters. The summed E-state index contributed by atoms with van der Waals surface area (Å²) in [4.78, 5) is 34.3. The number of para-hydroxylation sites is 1. The maximum Gasteiger partial charge on any atom is 0.255 e. The maximum atomic E-state index is 12.8. The van der Waals surface area contributed by atoms with Crippen LogP contribution in [-0.4, -0.2) is 59.8 Å². The lowest BCUT2D eigenvalue weighted by Gasteiger charge is -2.32. The van der Waals surface area contributed by atoms with Crippen molar-refractivity contribution in [3.63, 3.8) is 0 Å². The Balaban J connectivity index is 1.32. The van der Waals surface area contributed by atoms with Crippen molar-refractivity contribution in [3.05, 3.63) is 83.9 Å². The van der Waals surface area contributed by atoms with E-state index in [2.05, 4.69) is 17.3 Å². The number of aromatic nitrogens is 1. The van der Waals surface area contributed by atoms with Crippen LogP contribution < -0.4 is 5.32 Å². The van der Waals surface area contributed by atoms with Crippen molar-refractivity contribution in [2.24, 2.45) is 0 Å². The Morgan fingerprint density at radius 3 is 2.30 bits per heavy atom. The molecular formula is C26H24N4O2S. The van der Waals surface area contributed by atoms with Crippen molar-refractivity contribution in [1.82, 2.24) is 14.8 Å². The van der Waals surface area contributed by atoms with E-state index in [0.717, 1.165) is 52.7 Å². The highest BCUT2D eigenvalue weighted by Gasteiger charge is 2.20. The van der Waals surface area contributed by atoms with E-state index in [4.69, 9.17) is 4.98 Å². The highest BCUT2D eigenvalue weighted by Crippen LogP contribution is 2.31. The van der Waals surface area contributed by atoms with Gasteiger partial charge >= 0.3 is 0 Å². The number of piperazine rings is 1. The molecule has 1 aliphatic rings. The van der Waals surface area contributed by atoms with Crippen LogP contribution in [0.3, 0.4) is 0 Å². The second-order valence-electron chi connectivity index (χ2n) is 8.19. The molecule has 5 rings (SSSR count). The molecule has 166 valence electrons. The predicted octanol–water partition coefficient (Wildman–Crippen LogP) is 4.60. The number of hydrogen-bond acceptors (Lipinski definition) is 5. The summed E-state index contributed by atoms with van der Waals surface area (Å²) in [6, 6.07) is 22.6. The van der Waals surface area contributed by atoms with Gasteiger partial charge in [-0.15, -0.1) is 11.3 Å². The summed E-state index contributed by atoms with van der Waals surface area (Å²) >= 11 is 1.54. The van der Waals surface area contributed by atoms with Gasteiger partial charge in [0, 0.05) is 48.6 Å². The molecule has 1 saturated heterocycles. The van der Waals surface area contributed by atoms with Crippen LogP contribution in [-0.2, 0) is 0 Å². The fourth-order valence-electron chi connectivity index (χ4n) is 3.86. The van der Waals surface area contributed by atoms with E-state index < -0.39 is 0 Å². The molecule has 3 aromatic carbocycles. The number of carbonyl (C=O) groups excluding carboxylic acids is 2. The number of fused-ring (bicyclic) bond motifs is 1. The largest absolute Gasteiger partial charge is 0.336 e. The van der Waals surface area contributed by atoms with Gasteiger partial charge in [0.1, 0.15) is 5.01 Å². The lowest BCUT2D eigenvalue weighted by atomic mass is 10.1. The number of carbonyl (C=O) groups is 2. The molecule has 2 heterocycles. The smallest absolute Gasteiger partial charge is 0.255 e. The molecule has 7 heteroatoms. The quantitative estimate of drug-likeness (QED) is 0.487. The van der Waals surface area contributed by atoms with Crippen molar-refractivity contribution in [2.75, 3.05) is 38.5 Å². The van der Waals surface area contributed by atoms with Gasteiger partial charge in [-0.1, -0.05) is 30.3 Å². The number of nitrogens with one attached hydrogen (secondary N) is 1. The zero-order valence-electron chi connectivity index (χ0n) is 18.3. The average Bonchev–Trinajstić information content (AvgIpc) is 3.28. The molecule has 0 spiro atoms. The van der Waals surface area contributed by atoms with E-state index in [1.807, 2.05) is 71.6 Å². The number of likely N-dealkylation sites (N-methyl/N-ethyl adjacent to an activating group) is 1. The van der Waals surface area contributed by atoms with Gasteiger partial charge in [0.15, 0.2) is 0 Å². The van der Waals surface area contributed by atoms with E-state index in [1.54, 1.807) is 6.07 Å². The van der Waals surface area contributed by atoms with Crippen LogP contribution in [0.5, 0.6) is 0 Å². The SMILES string of the molecule is CN1CCN(C(=O)c2ccc(-c3nc4ccc(C(=O)Nc5ccccc5)cc4s3)cc2)CC1. The summed E-state index contributed by atoms with van der Waals surface area (Å²) in [6.07, 6.45) is 0. The van der Waals surface area contributed by atoms with Crippen LogP contribution >= 0.6 is 11.3 Å². The first-order valence-corrected chi connectivity index (χ1v) is 11.7. The zero-order valence-corrected chi connectivity index (χ0v) is 19.1. The fraction of sp³-hybridized carbons (Fsp3) is 0.192. The van der Waals surface area contributed by atoms with E-state index in [1.165, 1.54) is 11.3 Å². The standard InChI is InChI=1S/C26H24N4O2S/c1-29-13-15-30(16-14-29)26(32)19-9-7-18(8-10-19)25-28-22-12-11-20(17-23(22)33-25)24(31)27-21-5-3-2-4-6-21/h2-12,17H,13-16H2,1H3,(H,27,31). The summed E-state index contributed by atoms with van der Waals surface area (Å²) in [5.74, 6) is -0.0714. The molecule has 0 saturated carbocycles. The first kappa shape index (κ1) is 21.3. The van der Waals surface area contributed by atoms with Crippen LogP contribution in [0.1, 0.15) is 20.7 Å². The van der Waals surface area contributed by atoms with Gasteiger partial charge in [-0.05, 0) is 49.5 Å². The Bertz CT molecular complexity index is 1290. The van der Waals surface area contributed by atoms with Crippen LogP contribution in [0.25, 0.3) is 20.8 Å². The van der Waals surface area contributed by atoms with Crippen molar-refractivity contribution in [1.29, 1.82) is 0 Å². The minimum absolute atomic E-state index is 0.0769.